The second-order valence-electron chi connectivity index (χ2n) is 12.0. The molecule has 5 heterocycles. The summed E-state index contributed by atoms with van der Waals surface area (Å²) in [6, 6.07) is 1.10. The molecule has 12 heteroatoms. The van der Waals surface area contributed by atoms with E-state index in [-0.39, 0.29) is 35.8 Å². The molecule has 0 saturated carbocycles. The van der Waals surface area contributed by atoms with Gasteiger partial charge < -0.3 is 25.2 Å². The number of nitrogen functional groups attached to an aromatic ring is 1. The molecule has 2 saturated heterocycles. The first-order valence-electron chi connectivity index (χ1n) is 14.1. The fourth-order valence-electron chi connectivity index (χ4n) is 6.89. The predicted octanol–water partition coefficient (Wildman–Crippen LogP) is 4.47. The van der Waals surface area contributed by atoms with E-state index in [0.717, 1.165) is 38.4 Å². The number of rotatable bonds is 5. The maximum Gasteiger partial charge on any atom is 0.417 e. The zero-order chi connectivity index (χ0) is 29.2. The number of nitrogens with zero attached hydrogens (tertiary/aromatic N) is 4. The second kappa shape index (κ2) is 10.1. The van der Waals surface area contributed by atoms with Crippen molar-refractivity contribution in [2.45, 2.75) is 76.0 Å². The number of hydrogen-bond donors (Lipinski definition) is 2. The normalized spacial score (nSPS) is 28.2. The van der Waals surface area contributed by atoms with Crippen LogP contribution in [-0.2, 0) is 23.9 Å². The summed E-state index contributed by atoms with van der Waals surface area (Å²) in [5.74, 6) is -0.617. The van der Waals surface area contributed by atoms with E-state index in [0.29, 0.717) is 43.2 Å². The van der Waals surface area contributed by atoms with Gasteiger partial charge in [-0.25, -0.2) is 4.39 Å². The van der Waals surface area contributed by atoms with Crippen molar-refractivity contribution in [1.29, 1.82) is 0 Å². The van der Waals surface area contributed by atoms with Gasteiger partial charge in [-0.15, -0.1) is 0 Å². The van der Waals surface area contributed by atoms with Gasteiger partial charge in [0.15, 0.2) is 5.82 Å². The van der Waals surface area contributed by atoms with Gasteiger partial charge in [-0.1, -0.05) is 12.2 Å². The number of benzene rings is 1. The van der Waals surface area contributed by atoms with E-state index in [4.69, 9.17) is 20.2 Å². The van der Waals surface area contributed by atoms with E-state index in [9.17, 15) is 18.3 Å². The van der Waals surface area contributed by atoms with Crippen LogP contribution in [0.5, 0.6) is 6.01 Å². The Labute approximate surface area is 236 Å². The van der Waals surface area contributed by atoms with Crippen molar-refractivity contribution >= 4 is 11.5 Å². The van der Waals surface area contributed by atoms with Crippen molar-refractivity contribution < 1.29 is 32.1 Å². The highest BCUT2D eigenvalue weighted by Gasteiger charge is 2.44. The van der Waals surface area contributed by atoms with Crippen LogP contribution in [0, 0.1) is 12.7 Å². The van der Waals surface area contributed by atoms with E-state index < -0.39 is 34.8 Å². The number of aliphatic hydroxyl groups is 1. The highest BCUT2D eigenvalue weighted by Crippen LogP contribution is 2.45. The van der Waals surface area contributed by atoms with Gasteiger partial charge in [0.05, 0.1) is 40.8 Å². The molecule has 4 aliphatic rings. The van der Waals surface area contributed by atoms with Crippen molar-refractivity contribution in [3.63, 3.8) is 0 Å². The summed E-state index contributed by atoms with van der Waals surface area (Å²) in [5.41, 5.74) is 3.40. The lowest BCUT2D eigenvalue weighted by Gasteiger charge is -2.39. The minimum Gasteiger partial charge on any atom is -0.461 e. The van der Waals surface area contributed by atoms with Crippen molar-refractivity contribution in [2.75, 3.05) is 43.4 Å². The number of anilines is 2. The number of ether oxygens (including phenoxy) is 2. The summed E-state index contributed by atoms with van der Waals surface area (Å²) < 4.78 is 69.8. The quantitative estimate of drug-likeness (QED) is 0.305. The number of fused-ring (bicyclic) bond motifs is 2. The summed E-state index contributed by atoms with van der Waals surface area (Å²) in [6.45, 7) is 6.01. The molecule has 2 fully saturated rings. The van der Waals surface area contributed by atoms with Gasteiger partial charge in [0, 0.05) is 37.2 Å². The number of aryl methyl sites for hydroxylation is 1. The molecule has 1 aromatic heterocycles. The molecular weight excluding hydrogens is 542 g/mol. The number of nitrogens with two attached hydrogens (primary N) is 1. The summed E-state index contributed by atoms with van der Waals surface area (Å²) in [4.78, 5) is 13.7. The molecule has 0 spiro atoms. The molecule has 2 unspecified atom stereocenters. The lowest BCUT2D eigenvalue weighted by atomic mass is 9.91. The molecule has 6 rings (SSSR count). The van der Waals surface area contributed by atoms with Crippen LogP contribution < -0.4 is 15.4 Å². The fraction of sp³-hybridized carbons (Fsp3) is 0.586. The fourth-order valence-corrected chi connectivity index (χ4v) is 6.89. The van der Waals surface area contributed by atoms with Crippen molar-refractivity contribution in [3.8, 4) is 6.01 Å². The monoisotopic (exact) mass is 577 g/mol. The first-order chi connectivity index (χ1) is 19.4. The number of hydrogen-bond acceptors (Lipinski definition) is 8. The third kappa shape index (κ3) is 5.14. The Morgan fingerprint density at radius 3 is 2.76 bits per heavy atom. The Morgan fingerprint density at radius 2 is 2.00 bits per heavy atom. The zero-order valence-electron chi connectivity index (χ0n) is 23.2. The lowest BCUT2D eigenvalue weighted by Crippen LogP contribution is -2.47. The number of piperidine rings is 1. The molecule has 0 bridgehead atoms. The zero-order valence-corrected chi connectivity index (χ0v) is 23.2. The largest absolute Gasteiger partial charge is 0.461 e. The van der Waals surface area contributed by atoms with Crippen LogP contribution in [0.2, 0.25) is 0 Å². The van der Waals surface area contributed by atoms with Gasteiger partial charge >= 0.3 is 12.2 Å². The number of aromatic nitrogens is 2. The Morgan fingerprint density at radius 1 is 1.22 bits per heavy atom. The molecule has 0 aliphatic carbocycles. The molecule has 3 N–H and O–H groups in total. The molecule has 222 valence electrons. The van der Waals surface area contributed by atoms with Gasteiger partial charge in [-0.05, 0) is 57.7 Å². The molecule has 0 radical (unpaired) electrons. The van der Waals surface area contributed by atoms with Crippen molar-refractivity contribution in [3.05, 3.63) is 52.0 Å². The van der Waals surface area contributed by atoms with E-state index in [1.807, 2.05) is 4.90 Å². The molecule has 4 aliphatic heterocycles. The molecule has 0 amide bonds. The average molecular weight is 578 g/mol. The van der Waals surface area contributed by atoms with Crippen molar-refractivity contribution in [2.24, 2.45) is 0 Å². The predicted molar refractivity (Wildman–Crippen MR) is 144 cm³/mol. The van der Waals surface area contributed by atoms with E-state index in [2.05, 4.69) is 22.0 Å². The lowest BCUT2D eigenvalue weighted by molar-refractivity contribution is -0.140. The Kier molecular flexibility index (Phi) is 6.94. The van der Waals surface area contributed by atoms with Crippen LogP contribution in [-0.4, -0.2) is 63.9 Å². The van der Waals surface area contributed by atoms with Gasteiger partial charge in [-0.3, -0.25) is 4.90 Å². The number of β-amino-alcohol motifs (C(OH)–C–C–N with tert-alkyl or cyclic N) is 1. The van der Waals surface area contributed by atoms with Crippen LogP contribution in [0.25, 0.3) is 0 Å². The Hall–Kier alpha value is -2.96. The van der Waals surface area contributed by atoms with Crippen LogP contribution >= 0.6 is 0 Å². The van der Waals surface area contributed by atoms with Gasteiger partial charge in [-0.2, -0.15) is 23.1 Å². The Bertz CT molecular complexity index is 1380. The third-order valence-corrected chi connectivity index (χ3v) is 8.84. The maximum absolute atomic E-state index is 15.3. The first-order valence-corrected chi connectivity index (χ1v) is 14.1. The summed E-state index contributed by atoms with van der Waals surface area (Å²) >= 11 is 0. The van der Waals surface area contributed by atoms with E-state index in [1.54, 1.807) is 6.92 Å². The summed E-state index contributed by atoms with van der Waals surface area (Å²) in [6.07, 6.45) is 1.47. The van der Waals surface area contributed by atoms with Gasteiger partial charge in [0.2, 0.25) is 0 Å². The van der Waals surface area contributed by atoms with Crippen molar-refractivity contribution in [1.82, 2.24) is 14.9 Å². The van der Waals surface area contributed by atoms with Crippen LogP contribution in [0.4, 0.5) is 29.1 Å². The van der Waals surface area contributed by atoms with E-state index >= 15 is 4.39 Å². The highest BCUT2D eigenvalue weighted by molar-refractivity contribution is 5.55. The SMILES string of the molecule is Cc1cc(N)c(F)c(C2Cc3nc(OC[C@]45C=CCN4CCC5)nc(N4CCCC(C)(O)C4)c3CO2)c1C(F)(F)F. The molecular formula is C29H35F4N5O3. The van der Waals surface area contributed by atoms with Crippen LogP contribution in [0.3, 0.4) is 0 Å². The average Bonchev–Trinajstić information content (AvgIpc) is 3.48. The topological polar surface area (TPSA) is 97.0 Å². The molecule has 41 heavy (non-hydrogen) atoms. The molecule has 3 atom stereocenters. The molecule has 8 nitrogen and oxygen atoms in total. The van der Waals surface area contributed by atoms with Crippen LogP contribution in [0.15, 0.2) is 18.2 Å². The minimum atomic E-state index is -4.80. The smallest absolute Gasteiger partial charge is 0.417 e. The molecule has 2 aromatic rings. The summed E-state index contributed by atoms with van der Waals surface area (Å²) in [7, 11) is 0. The van der Waals surface area contributed by atoms with Gasteiger partial charge in [0.1, 0.15) is 12.4 Å². The Balaban J connectivity index is 1.38. The highest BCUT2D eigenvalue weighted by atomic mass is 19.4. The minimum absolute atomic E-state index is 0.103. The number of alkyl halides is 3. The molecule has 1 aromatic carbocycles. The standard InChI is InChI=1S/C29H35F4N5O3/c1-17-12-19(34)24(30)22(23(17)29(31,32)33)21-13-20-18(14-40-21)25(37-9-3-6-27(2,39)15-37)36-26(35-20)41-16-28-7-4-10-38(28)11-5-8-28/h4,7,12,21,39H,3,5-6,8-11,13-16,34H2,1-2H3/t21?,27?,28-/m1/s1. The first kappa shape index (κ1) is 28.2. The van der Waals surface area contributed by atoms with E-state index in [1.165, 1.54) is 6.92 Å². The number of halogens is 4. The maximum atomic E-state index is 15.3. The second-order valence-corrected chi connectivity index (χ2v) is 12.0. The van der Waals surface area contributed by atoms with Crippen LogP contribution in [0.1, 0.15) is 66.7 Å². The third-order valence-electron chi connectivity index (χ3n) is 8.84. The summed E-state index contributed by atoms with van der Waals surface area (Å²) in [5, 5.41) is 10.8. The van der Waals surface area contributed by atoms with Gasteiger partial charge in [0.25, 0.3) is 0 Å².